The van der Waals surface area contributed by atoms with E-state index in [1.54, 1.807) is 34.9 Å². The number of carbonyl (C=O) groups is 1. The maximum Gasteiger partial charge on any atom is 0.513 e. The summed E-state index contributed by atoms with van der Waals surface area (Å²) in [5.41, 5.74) is 1.22. The fraction of sp³-hybridized carbons (Fsp3) is 0.240. The molecule has 172 valence electrons. The first kappa shape index (κ1) is 22.5. The second-order valence-corrected chi connectivity index (χ2v) is 8.04. The molecule has 1 heterocycles. The van der Waals surface area contributed by atoms with Gasteiger partial charge in [0.05, 0.1) is 34.5 Å². The van der Waals surface area contributed by atoms with Crippen LogP contribution in [0.25, 0.3) is 21.8 Å². The SMILES string of the molecule is COC(=O)Oc1cccc2c1c1c(O)cc(C(C)C)cc1n2Cc1ccccc1C(F)(F)F. The Morgan fingerprint density at radius 2 is 1.76 bits per heavy atom. The van der Waals surface area contributed by atoms with Crippen molar-refractivity contribution < 1.29 is 32.5 Å². The number of methoxy groups -OCH3 is 1. The Labute approximate surface area is 188 Å². The highest BCUT2D eigenvalue weighted by molar-refractivity contribution is 6.14. The lowest BCUT2D eigenvalue weighted by atomic mass is 10.0. The van der Waals surface area contributed by atoms with Gasteiger partial charge in [-0.2, -0.15) is 13.2 Å². The van der Waals surface area contributed by atoms with E-state index < -0.39 is 17.9 Å². The van der Waals surface area contributed by atoms with Crippen LogP contribution in [-0.4, -0.2) is 22.9 Å². The number of aromatic hydroxyl groups is 1. The number of halogens is 3. The van der Waals surface area contributed by atoms with Crippen molar-refractivity contribution in [3.63, 3.8) is 0 Å². The molecule has 0 amide bonds. The standard InChI is InChI=1S/C25H22F3NO4/c1-14(2)16-11-19-22(20(30)12-16)23-18(9-6-10-21(23)33-24(31)32-3)29(19)13-15-7-4-5-8-17(15)25(26,27)28/h4-12,14,30H,13H2,1-3H3. The average Bonchev–Trinajstić information content (AvgIpc) is 3.08. The summed E-state index contributed by atoms with van der Waals surface area (Å²) in [6.07, 6.45) is -5.45. The minimum atomic E-state index is -4.51. The summed E-state index contributed by atoms with van der Waals surface area (Å²) >= 11 is 0. The highest BCUT2D eigenvalue weighted by Crippen LogP contribution is 2.43. The third kappa shape index (κ3) is 4.08. The van der Waals surface area contributed by atoms with Gasteiger partial charge in [0.2, 0.25) is 0 Å². The van der Waals surface area contributed by atoms with Crippen molar-refractivity contribution in [2.75, 3.05) is 7.11 Å². The minimum absolute atomic E-state index is 0.0510. The van der Waals surface area contributed by atoms with Gasteiger partial charge in [-0.15, -0.1) is 0 Å². The van der Waals surface area contributed by atoms with Crippen LogP contribution < -0.4 is 4.74 Å². The monoisotopic (exact) mass is 457 g/mol. The third-order valence-electron chi connectivity index (χ3n) is 5.63. The van der Waals surface area contributed by atoms with Crippen molar-refractivity contribution in [3.05, 3.63) is 71.3 Å². The Kier molecular flexibility index (Phi) is 5.69. The van der Waals surface area contributed by atoms with Gasteiger partial charge >= 0.3 is 12.3 Å². The number of fused-ring (bicyclic) bond motifs is 3. The van der Waals surface area contributed by atoms with Gasteiger partial charge in [-0.3, -0.25) is 0 Å². The molecule has 0 saturated heterocycles. The van der Waals surface area contributed by atoms with E-state index in [-0.39, 0.29) is 29.5 Å². The highest BCUT2D eigenvalue weighted by Gasteiger charge is 2.33. The number of hydrogen-bond acceptors (Lipinski definition) is 4. The summed E-state index contributed by atoms with van der Waals surface area (Å²) in [4.78, 5) is 11.8. The number of phenolic OH excluding ortho intramolecular Hbond substituents is 1. The third-order valence-corrected chi connectivity index (χ3v) is 5.63. The molecule has 5 nitrogen and oxygen atoms in total. The van der Waals surface area contributed by atoms with E-state index in [1.807, 2.05) is 19.9 Å². The van der Waals surface area contributed by atoms with Gasteiger partial charge in [0.25, 0.3) is 0 Å². The zero-order valence-electron chi connectivity index (χ0n) is 18.2. The first-order valence-corrected chi connectivity index (χ1v) is 10.3. The van der Waals surface area contributed by atoms with Crippen LogP contribution in [0.1, 0.15) is 36.5 Å². The topological polar surface area (TPSA) is 60.7 Å². The predicted octanol–water partition coefficient (Wildman–Crippen LogP) is 6.84. The highest BCUT2D eigenvalue weighted by atomic mass is 19.4. The van der Waals surface area contributed by atoms with E-state index >= 15 is 0 Å². The first-order valence-electron chi connectivity index (χ1n) is 10.3. The van der Waals surface area contributed by atoms with Gasteiger partial charge in [-0.05, 0) is 47.4 Å². The molecule has 0 aliphatic rings. The fourth-order valence-corrected chi connectivity index (χ4v) is 4.05. The first-order chi connectivity index (χ1) is 15.6. The number of rotatable bonds is 4. The predicted molar refractivity (Wildman–Crippen MR) is 119 cm³/mol. The number of ether oxygens (including phenoxy) is 2. The Morgan fingerprint density at radius 1 is 1.03 bits per heavy atom. The molecule has 1 aromatic heterocycles. The second kappa shape index (κ2) is 8.35. The molecule has 4 rings (SSSR count). The molecule has 0 unspecified atom stereocenters. The number of phenols is 1. The van der Waals surface area contributed by atoms with E-state index in [4.69, 9.17) is 4.74 Å². The summed E-state index contributed by atoms with van der Waals surface area (Å²) < 4.78 is 52.6. The lowest BCUT2D eigenvalue weighted by Crippen LogP contribution is -2.11. The molecule has 8 heteroatoms. The lowest BCUT2D eigenvalue weighted by Gasteiger charge is -2.15. The van der Waals surface area contributed by atoms with E-state index in [0.717, 1.165) is 11.6 Å². The van der Waals surface area contributed by atoms with Gasteiger partial charge in [-0.25, -0.2) is 4.79 Å². The molecule has 4 aromatic rings. The number of aromatic nitrogens is 1. The fourth-order valence-electron chi connectivity index (χ4n) is 4.05. The van der Waals surface area contributed by atoms with E-state index in [2.05, 4.69) is 4.74 Å². The van der Waals surface area contributed by atoms with Crippen LogP contribution >= 0.6 is 0 Å². The molecule has 0 saturated carbocycles. The molecule has 0 aliphatic heterocycles. The van der Waals surface area contributed by atoms with Crippen LogP contribution in [0.15, 0.2) is 54.6 Å². The summed E-state index contributed by atoms with van der Waals surface area (Å²) in [7, 11) is 1.17. The van der Waals surface area contributed by atoms with Crippen LogP contribution in [0.5, 0.6) is 11.5 Å². The number of alkyl halides is 3. The van der Waals surface area contributed by atoms with Crippen LogP contribution in [0.3, 0.4) is 0 Å². The van der Waals surface area contributed by atoms with Crippen molar-refractivity contribution >= 4 is 28.0 Å². The van der Waals surface area contributed by atoms with E-state index in [9.17, 15) is 23.1 Å². The van der Waals surface area contributed by atoms with Crippen molar-refractivity contribution in [3.8, 4) is 11.5 Å². The Bertz CT molecular complexity index is 1360. The zero-order chi connectivity index (χ0) is 23.9. The number of nitrogens with zero attached hydrogens (tertiary/aromatic N) is 1. The second-order valence-electron chi connectivity index (χ2n) is 8.04. The number of hydrogen-bond donors (Lipinski definition) is 1. The van der Waals surface area contributed by atoms with Crippen molar-refractivity contribution in [1.29, 1.82) is 0 Å². The van der Waals surface area contributed by atoms with Gasteiger partial charge in [0.1, 0.15) is 11.5 Å². The van der Waals surface area contributed by atoms with Gasteiger partial charge in [0.15, 0.2) is 0 Å². The largest absolute Gasteiger partial charge is 0.513 e. The summed E-state index contributed by atoms with van der Waals surface area (Å²) in [6.45, 7) is 3.81. The summed E-state index contributed by atoms with van der Waals surface area (Å²) in [5, 5.41) is 11.7. The van der Waals surface area contributed by atoms with E-state index in [0.29, 0.717) is 21.8 Å². The van der Waals surface area contributed by atoms with E-state index in [1.165, 1.54) is 19.2 Å². The van der Waals surface area contributed by atoms with Gasteiger partial charge in [0, 0.05) is 6.54 Å². The number of carbonyl (C=O) groups excluding carboxylic acids is 1. The molecule has 0 bridgehead atoms. The molecular weight excluding hydrogens is 435 g/mol. The molecule has 0 spiro atoms. The molecule has 0 atom stereocenters. The average molecular weight is 457 g/mol. The minimum Gasteiger partial charge on any atom is -0.507 e. The quantitative estimate of drug-likeness (QED) is 0.269. The molecular formula is C25H22F3NO4. The molecule has 0 aliphatic carbocycles. The van der Waals surface area contributed by atoms with Gasteiger partial charge in [-0.1, -0.05) is 38.1 Å². The molecule has 1 N–H and O–H groups in total. The van der Waals surface area contributed by atoms with Crippen molar-refractivity contribution in [2.24, 2.45) is 0 Å². The van der Waals surface area contributed by atoms with Crippen molar-refractivity contribution in [2.45, 2.75) is 32.5 Å². The van der Waals surface area contributed by atoms with Crippen LogP contribution in [-0.2, 0) is 17.5 Å². The Hall–Kier alpha value is -3.68. The van der Waals surface area contributed by atoms with Crippen LogP contribution in [0, 0.1) is 0 Å². The number of benzene rings is 3. The molecule has 0 fully saturated rings. The summed E-state index contributed by atoms with van der Waals surface area (Å²) in [6, 6.07) is 13.7. The van der Waals surface area contributed by atoms with Gasteiger partial charge < -0.3 is 19.1 Å². The smallest absolute Gasteiger partial charge is 0.507 e. The molecule has 0 radical (unpaired) electrons. The summed E-state index contributed by atoms with van der Waals surface area (Å²) in [5.74, 6) is 0.157. The Morgan fingerprint density at radius 3 is 2.42 bits per heavy atom. The normalized spacial score (nSPS) is 12.0. The maximum absolute atomic E-state index is 13.7. The maximum atomic E-state index is 13.7. The lowest BCUT2D eigenvalue weighted by molar-refractivity contribution is -0.138. The zero-order valence-corrected chi connectivity index (χ0v) is 18.2. The molecule has 3 aromatic carbocycles. The Balaban J connectivity index is 2.05. The molecule has 33 heavy (non-hydrogen) atoms. The van der Waals surface area contributed by atoms with Crippen LogP contribution in [0.2, 0.25) is 0 Å². The van der Waals surface area contributed by atoms with Crippen LogP contribution in [0.4, 0.5) is 18.0 Å². The van der Waals surface area contributed by atoms with Crippen molar-refractivity contribution in [1.82, 2.24) is 4.57 Å².